The molecule has 0 unspecified atom stereocenters. The van der Waals surface area contributed by atoms with Crippen LogP contribution < -0.4 is 10.6 Å². The highest BCUT2D eigenvalue weighted by Gasteiger charge is 2.31. The third-order valence-corrected chi connectivity index (χ3v) is 3.56. The molecule has 2 rings (SSSR count). The number of ether oxygens (including phenoxy) is 1. The van der Waals surface area contributed by atoms with Crippen molar-refractivity contribution < 1.29 is 17.9 Å². The number of nitrogens with one attached hydrogen (secondary N) is 2. The molecule has 1 heterocycles. The molecule has 2 N–H and O–H groups in total. The Balaban J connectivity index is 2.18. The summed E-state index contributed by atoms with van der Waals surface area (Å²) in [7, 11) is 1.62. The third-order valence-electron chi connectivity index (χ3n) is 3.23. The molecule has 0 amide bonds. The van der Waals surface area contributed by atoms with Gasteiger partial charge in [-0.2, -0.15) is 13.2 Å². The molecule has 5 nitrogen and oxygen atoms in total. The van der Waals surface area contributed by atoms with Gasteiger partial charge in [0.05, 0.1) is 16.3 Å². The summed E-state index contributed by atoms with van der Waals surface area (Å²) in [5.74, 6) is 1.39. The number of halogens is 4. The molecule has 0 bridgehead atoms. The van der Waals surface area contributed by atoms with E-state index in [4.69, 9.17) is 16.3 Å². The number of anilines is 3. The Labute approximate surface area is 148 Å². The molecule has 0 aliphatic carbocycles. The minimum Gasteiger partial charge on any atom is -0.385 e. The van der Waals surface area contributed by atoms with E-state index in [1.54, 1.807) is 20.1 Å². The molecule has 9 heteroatoms. The Morgan fingerprint density at radius 3 is 2.56 bits per heavy atom. The number of nitrogens with zero attached hydrogens (tertiary/aromatic N) is 2. The molecule has 2 aromatic rings. The van der Waals surface area contributed by atoms with Crippen LogP contribution in [0, 0.1) is 6.92 Å². The minimum atomic E-state index is -4.45. The molecule has 1 aromatic carbocycles. The van der Waals surface area contributed by atoms with E-state index in [9.17, 15) is 13.2 Å². The first-order valence-corrected chi connectivity index (χ1v) is 7.89. The fraction of sp³-hybridized carbons (Fsp3) is 0.375. The molecule has 0 aliphatic heterocycles. The zero-order chi connectivity index (χ0) is 18.4. The van der Waals surface area contributed by atoms with Crippen LogP contribution in [0.25, 0.3) is 0 Å². The van der Waals surface area contributed by atoms with Crippen LogP contribution in [0.1, 0.15) is 17.8 Å². The predicted molar refractivity (Wildman–Crippen MR) is 91.5 cm³/mol. The maximum Gasteiger partial charge on any atom is 0.416 e. The second-order valence-corrected chi connectivity index (χ2v) is 5.68. The smallest absolute Gasteiger partial charge is 0.385 e. The van der Waals surface area contributed by atoms with Gasteiger partial charge in [-0.25, -0.2) is 9.97 Å². The van der Waals surface area contributed by atoms with Crippen LogP contribution in [0.3, 0.4) is 0 Å². The lowest BCUT2D eigenvalue weighted by Gasteiger charge is -2.13. The highest BCUT2D eigenvalue weighted by atomic mass is 35.5. The van der Waals surface area contributed by atoms with Gasteiger partial charge in [0.25, 0.3) is 0 Å². The molecule has 0 saturated carbocycles. The van der Waals surface area contributed by atoms with E-state index in [-0.39, 0.29) is 10.7 Å². The second kappa shape index (κ2) is 8.35. The van der Waals surface area contributed by atoms with Crippen molar-refractivity contribution in [3.8, 4) is 0 Å². The highest BCUT2D eigenvalue weighted by Crippen LogP contribution is 2.34. The summed E-state index contributed by atoms with van der Waals surface area (Å²) in [6, 6.07) is 4.69. The zero-order valence-electron chi connectivity index (χ0n) is 13.7. The van der Waals surface area contributed by atoms with Crippen molar-refractivity contribution in [3.05, 3.63) is 40.7 Å². The van der Waals surface area contributed by atoms with Gasteiger partial charge in [-0.1, -0.05) is 11.6 Å². The molecule has 136 valence electrons. The van der Waals surface area contributed by atoms with E-state index in [1.807, 2.05) is 0 Å². The van der Waals surface area contributed by atoms with Gasteiger partial charge in [0.1, 0.15) is 17.5 Å². The summed E-state index contributed by atoms with van der Waals surface area (Å²) in [6.07, 6.45) is -3.65. The van der Waals surface area contributed by atoms with Crippen LogP contribution >= 0.6 is 11.6 Å². The van der Waals surface area contributed by atoms with Crippen LogP contribution in [-0.2, 0) is 10.9 Å². The Hall–Kier alpha value is -2.06. The molecule has 0 saturated heterocycles. The third kappa shape index (κ3) is 5.75. The summed E-state index contributed by atoms with van der Waals surface area (Å²) in [4.78, 5) is 8.42. The van der Waals surface area contributed by atoms with Gasteiger partial charge in [0.15, 0.2) is 0 Å². The normalized spacial score (nSPS) is 11.4. The monoisotopic (exact) mass is 374 g/mol. The fourth-order valence-corrected chi connectivity index (χ4v) is 2.26. The summed E-state index contributed by atoms with van der Waals surface area (Å²) in [5.41, 5.74) is -0.664. The molecule has 0 aliphatic rings. The number of aromatic nitrogens is 2. The SMILES string of the molecule is COCCCNc1cc(Nc2cc(C(F)(F)F)ccc2Cl)nc(C)n1. The maximum atomic E-state index is 12.9. The van der Waals surface area contributed by atoms with Gasteiger partial charge < -0.3 is 15.4 Å². The molecule has 0 spiro atoms. The topological polar surface area (TPSA) is 59.1 Å². The van der Waals surface area contributed by atoms with Gasteiger partial charge in [-0.3, -0.25) is 0 Å². The number of methoxy groups -OCH3 is 1. The van der Waals surface area contributed by atoms with Crippen LogP contribution in [-0.4, -0.2) is 30.2 Å². The van der Waals surface area contributed by atoms with Crippen molar-refractivity contribution in [3.63, 3.8) is 0 Å². The lowest BCUT2D eigenvalue weighted by molar-refractivity contribution is -0.137. The molecule has 0 atom stereocenters. The van der Waals surface area contributed by atoms with Crippen LogP contribution in [0.15, 0.2) is 24.3 Å². The minimum absolute atomic E-state index is 0.125. The Morgan fingerprint density at radius 1 is 1.16 bits per heavy atom. The van der Waals surface area contributed by atoms with Crippen LogP contribution in [0.5, 0.6) is 0 Å². The fourth-order valence-electron chi connectivity index (χ4n) is 2.09. The van der Waals surface area contributed by atoms with Crippen molar-refractivity contribution in [2.45, 2.75) is 19.5 Å². The average Bonchev–Trinajstić information content (AvgIpc) is 2.52. The van der Waals surface area contributed by atoms with Gasteiger partial charge >= 0.3 is 6.18 Å². The molecular formula is C16H18ClF3N4O. The van der Waals surface area contributed by atoms with Crippen molar-refractivity contribution >= 4 is 28.9 Å². The number of benzene rings is 1. The summed E-state index contributed by atoms with van der Waals surface area (Å²) in [6.45, 7) is 2.95. The Kier molecular flexibility index (Phi) is 6.44. The van der Waals surface area contributed by atoms with Crippen molar-refractivity contribution in [1.82, 2.24) is 9.97 Å². The first-order valence-electron chi connectivity index (χ1n) is 7.52. The standard InChI is InChI=1S/C16H18ClF3N4O/c1-10-22-14(21-6-3-7-25-2)9-15(23-10)24-13-8-11(16(18,19)20)4-5-12(13)17/h4-5,8-9H,3,6-7H2,1-2H3,(H2,21,22,23,24). The maximum absolute atomic E-state index is 12.9. The summed E-state index contributed by atoms with van der Waals surface area (Å²) in [5, 5.41) is 6.10. The zero-order valence-corrected chi connectivity index (χ0v) is 14.5. The van der Waals surface area contributed by atoms with Crippen molar-refractivity contribution in [1.29, 1.82) is 0 Å². The summed E-state index contributed by atoms with van der Waals surface area (Å²) < 4.78 is 43.5. The highest BCUT2D eigenvalue weighted by molar-refractivity contribution is 6.33. The van der Waals surface area contributed by atoms with E-state index in [0.29, 0.717) is 30.6 Å². The first kappa shape index (κ1) is 19.3. The molecule has 0 fully saturated rings. The van der Waals surface area contributed by atoms with Crippen molar-refractivity contribution in [2.75, 3.05) is 30.9 Å². The first-order chi connectivity index (χ1) is 11.8. The number of hydrogen-bond donors (Lipinski definition) is 2. The van der Waals surface area contributed by atoms with Crippen LogP contribution in [0.2, 0.25) is 5.02 Å². The number of aryl methyl sites for hydroxylation is 1. The van der Waals surface area contributed by atoms with E-state index in [2.05, 4.69) is 20.6 Å². The molecule has 0 radical (unpaired) electrons. The predicted octanol–water partition coefficient (Wildman–Crippen LogP) is 4.65. The molecular weight excluding hydrogens is 357 g/mol. The van der Waals surface area contributed by atoms with Crippen LogP contribution in [0.4, 0.5) is 30.5 Å². The quantitative estimate of drug-likeness (QED) is 0.691. The van der Waals surface area contributed by atoms with E-state index in [0.717, 1.165) is 18.6 Å². The molecule has 25 heavy (non-hydrogen) atoms. The van der Waals surface area contributed by atoms with E-state index in [1.165, 1.54) is 6.07 Å². The Bertz CT molecular complexity index is 725. The van der Waals surface area contributed by atoms with Gasteiger partial charge in [-0.05, 0) is 31.5 Å². The van der Waals surface area contributed by atoms with E-state index >= 15 is 0 Å². The number of rotatable bonds is 7. The van der Waals surface area contributed by atoms with Gasteiger partial charge in [0.2, 0.25) is 0 Å². The summed E-state index contributed by atoms with van der Waals surface area (Å²) >= 11 is 5.99. The van der Waals surface area contributed by atoms with E-state index < -0.39 is 11.7 Å². The number of alkyl halides is 3. The van der Waals surface area contributed by atoms with Gasteiger partial charge in [0, 0.05) is 26.3 Å². The lowest BCUT2D eigenvalue weighted by Crippen LogP contribution is -2.09. The Morgan fingerprint density at radius 2 is 1.88 bits per heavy atom. The lowest BCUT2D eigenvalue weighted by atomic mass is 10.2. The largest absolute Gasteiger partial charge is 0.416 e. The van der Waals surface area contributed by atoms with Gasteiger partial charge in [-0.15, -0.1) is 0 Å². The second-order valence-electron chi connectivity index (χ2n) is 5.28. The average molecular weight is 375 g/mol. The molecule has 1 aromatic heterocycles. The van der Waals surface area contributed by atoms with Crippen molar-refractivity contribution in [2.24, 2.45) is 0 Å². The number of hydrogen-bond acceptors (Lipinski definition) is 5.